The lowest BCUT2D eigenvalue weighted by Gasteiger charge is -2.15. The molecule has 7 heteroatoms. The number of aromatic nitrogens is 2. The van der Waals surface area contributed by atoms with Crippen LogP contribution in [0.15, 0.2) is 108 Å². The van der Waals surface area contributed by atoms with Crippen LogP contribution in [-0.2, 0) is 11.3 Å². The van der Waals surface area contributed by atoms with Gasteiger partial charge in [-0.3, -0.25) is 4.79 Å². The molecule has 0 saturated heterocycles. The summed E-state index contributed by atoms with van der Waals surface area (Å²) in [6.07, 6.45) is 0. The number of benzene rings is 4. The lowest BCUT2D eigenvalue weighted by molar-refractivity contribution is -0.136. The number of carboxylic acids is 1. The van der Waals surface area contributed by atoms with E-state index >= 15 is 0 Å². The van der Waals surface area contributed by atoms with E-state index < -0.39 is 11.2 Å². The van der Waals surface area contributed by atoms with Crippen molar-refractivity contribution in [1.82, 2.24) is 9.97 Å². The van der Waals surface area contributed by atoms with Crippen LogP contribution in [0.1, 0.15) is 16.4 Å². The second kappa shape index (κ2) is 10.8. The number of thioether (sulfide) groups is 1. The maximum Gasteiger partial charge on any atom is 0.321 e. The topological polar surface area (TPSA) is 75.1 Å². The van der Waals surface area contributed by atoms with Crippen LogP contribution in [0, 0.1) is 0 Å². The first kappa shape index (κ1) is 23.9. The molecule has 1 atom stereocenters. The number of nitrogens with zero attached hydrogens (tertiary/aromatic N) is 2. The number of fused-ring (bicyclic) bond motifs is 1. The zero-order valence-corrected chi connectivity index (χ0v) is 20.7. The summed E-state index contributed by atoms with van der Waals surface area (Å²) in [4.78, 5) is 21.0. The number of hydrogen-bond donors (Lipinski definition) is 2. The summed E-state index contributed by atoms with van der Waals surface area (Å²) >= 11 is 7.34. The Kier molecular flexibility index (Phi) is 7.16. The third-order valence-corrected chi connectivity index (χ3v) is 7.04. The molecule has 4 aromatic carbocycles. The summed E-state index contributed by atoms with van der Waals surface area (Å²) < 4.78 is 0. The number of hydrogen-bond acceptors (Lipinski definition) is 5. The normalized spacial score (nSPS) is 11.8. The highest BCUT2D eigenvalue weighted by molar-refractivity contribution is 8.00. The fourth-order valence-corrected chi connectivity index (χ4v) is 5.19. The smallest absolute Gasteiger partial charge is 0.321 e. The lowest BCUT2D eigenvalue weighted by atomic mass is 10.0. The van der Waals surface area contributed by atoms with Gasteiger partial charge in [0.2, 0.25) is 0 Å². The van der Waals surface area contributed by atoms with Gasteiger partial charge in [0.15, 0.2) is 5.16 Å². The number of anilines is 1. The molecule has 2 N–H and O–H groups in total. The van der Waals surface area contributed by atoms with Crippen LogP contribution in [0.3, 0.4) is 0 Å². The zero-order chi connectivity index (χ0) is 24.9. The van der Waals surface area contributed by atoms with Crippen LogP contribution < -0.4 is 5.32 Å². The Morgan fingerprint density at radius 3 is 2.33 bits per heavy atom. The van der Waals surface area contributed by atoms with Crippen molar-refractivity contribution in [2.75, 3.05) is 5.32 Å². The maximum atomic E-state index is 12.2. The van der Waals surface area contributed by atoms with Gasteiger partial charge in [-0.05, 0) is 33.0 Å². The van der Waals surface area contributed by atoms with E-state index in [1.54, 1.807) is 6.07 Å². The Labute approximate surface area is 218 Å². The van der Waals surface area contributed by atoms with E-state index in [4.69, 9.17) is 11.6 Å². The quantitative estimate of drug-likeness (QED) is 0.128. The van der Waals surface area contributed by atoms with Crippen LogP contribution in [0.25, 0.3) is 21.9 Å². The molecule has 5 rings (SSSR count). The van der Waals surface area contributed by atoms with E-state index in [1.165, 1.54) is 5.56 Å². The highest BCUT2D eigenvalue weighted by Gasteiger charge is 2.25. The molecule has 178 valence electrons. The van der Waals surface area contributed by atoms with Crippen molar-refractivity contribution >= 4 is 45.9 Å². The van der Waals surface area contributed by atoms with Gasteiger partial charge in [0, 0.05) is 12.6 Å². The molecule has 0 spiro atoms. The summed E-state index contributed by atoms with van der Waals surface area (Å²) in [5.74, 6) is -0.431. The SMILES string of the molecule is O=C(O)C(Sc1nc(Cl)cc(NCc2ccc(-c3ccccc3)cc2)n1)c1cccc2ccccc12. The second-order valence-electron chi connectivity index (χ2n) is 8.18. The third kappa shape index (κ3) is 5.51. The molecule has 0 bridgehead atoms. The number of carbonyl (C=O) groups is 1. The standard InChI is InChI=1S/C29H22ClN3O2S/c30-25-17-26(31-18-19-13-15-21(16-14-19)20-7-2-1-3-8-20)33-29(32-25)36-27(28(34)35)24-12-6-10-22-9-4-5-11-23(22)24/h1-17,27H,18H2,(H,34,35)(H,31,32,33). The van der Waals surface area contributed by atoms with Gasteiger partial charge >= 0.3 is 5.97 Å². The first-order chi connectivity index (χ1) is 17.6. The molecule has 0 saturated carbocycles. The van der Waals surface area contributed by atoms with Gasteiger partial charge in [0.1, 0.15) is 16.2 Å². The van der Waals surface area contributed by atoms with E-state index in [2.05, 4.69) is 51.7 Å². The monoisotopic (exact) mass is 511 g/mol. The summed E-state index contributed by atoms with van der Waals surface area (Å²) in [5, 5.41) is 14.8. The van der Waals surface area contributed by atoms with Crippen LogP contribution in [0.2, 0.25) is 5.15 Å². The molecule has 0 aliphatic rings. The number of halogens is 1. The molecule has 0 aliphatic heterocycles. The molecule has 1 unspecified atom stereocenters. The van der Waals surface area contributed by atoms with Crippen molar-refractivity contribution in [1.29, 1.82) is 0 Å². The summed E-state index contributed by atoms with van der Waals surface area (Å²) in [5.41, 5.74) is 4.09. The second-order valence-corrected chi connectivity index (χ2v) is 9.64. The molecule has 0 amide bonds. The Hall–Kier alpha value is -3.87. The number of rotatable bonds is 8. The minimum Gasteiger partial charge on any atom is -0.480 e. The fourth-order valence-electron chi connectivity index (χ4n) is 4.01. The Bertz CT molecular complexity index is 1510. The molecule has 1 aromatic heterocycles. The molecule has 0 fully saturated rings. The predicted molar refractivity (Wildman–Crippen MR) is 146 cm³/mol. The van der Waals surface area contributed by atoms with E-state index in [9.17, 15) is 9.90 Å². The Morgan fingerprint density at radius 2 is 1.56 bits per heavy atom. The molecule has 1 heterocycles. The number of nitrogens with one attached hydrogen (secondary N) is 1. The lowest BCUT2D eigenvalue weighted by Crippen LogP contribution is -2.10. The van der Waals surface area contributed by atoms with Crippen molar-refractivity contribution in [3.8, 4) is 11.1 Å². The Morgan fingerprint density at radius 1 is 0.861 bits per heavy atom. The molecular weight excluding hydrogens is 490 g/mol. The van der Waals surface area contributed by atoms with Gasteiger partial charge < -0.3 is 10.4 Å². The van der Waals surface area contributed by atoms with Gasteiger partial charge in [-0.15, -0.1) is 0 Å². The van der Waals surface area contributed by atoms with Gasteiger partial charge in [0.05, 0.1) is 0 Å². The minimum absolute atomic E-state index is 0.247. The van der Waals surface area contributed by atoms with Crippen molar-refractivity contribution in [3.63, 3.8) is 0 Å². The largest absolute Gasteiger partial charge is 0.480 e. The van der Waals surface area contributed by atoms with E-state index in [0.29, 0.717) is 23.1 Å². The molecule has 0 radical (unpaired) electrons. The van der Waals surface area contributed by atoms with Crippen molar-refractivity contribution in [2.24, 2.45) is 0 Å². The number of carboxylic acid groups (broad SMARTS) is 1. The van der Waals surface area contributed by atoms with Gasteiger partial charge in [-0.2, -0.15) is 0 Å². The van der Waals surface area contributed by atoms with Gasteiger partial charge in [-0.25, -0.2) is 9.97 Å². The van der Waals surface area contributed by atoms with Crippen LogP contribution in [-0.4, -0.2) is 21.0 Å². The molecule has 0 aliphatic carbocycles. The first-order valence-corrected chi connectivity index (χ1v) is 12.6. The average molecular weight is 512 g/mol. The van der Waals surface area contributed by atoms with Crippen LogP contribution >= 0.6 is 23.4 Å². The van der Waals surface area contributed by atoms with E-state index in [-0.39, 0.29) is 5.15 Å². The van der Waals surface area contributed by atoms with E-state index in [1.807, 2.05) is 60.7 Å². The zero-order valence-electron chi connectivity index (χ0n) is 19.1. The molecule has 5 nitrogen and oxygen atoms in total. The number of aliphatic carboxylic acids is 1. The summed E-state index contributed by atoms with van der Waals surface area (Å²) in [6, 6.07) is 33.5. The van der Waals surface area contributed by atoms with Crippen LogP contribution in [0.4, 0.5) is 5.82 Å². The van der Waals surface area contributed by atoms with Crippen LogP contribution in [0.5, 0.6) is 0 Å². The summed E-state index contributed by atoms with van der Waals surface area (Å²) in [7, 11) is 0. The van der Waals surface area contributed by atoms with Gasteiger partial charge in [0.25, 0.3) is 0 Å². The van der Waals surface area contributed by atoms with Gasteiger partial charge in [-0.1, -0.05) is 120 Å². The third-order valence-electron chi connectivity index (χ3n) is 5.76. The molecule has 36 heavy (non-hydrogen) atoms. The highest BCUT2D eigenvalue weighted by atomic mass is 35.5. The van der Waals surface area contributed by atoms with E-state index in [0.717, 1.165) is 33.7 Å². The average Bonchev–Trinajstić information content (AvgIpc) is 2.91. The minimum atomic E-state index is -0.965. The maximum absolute atomic E-state index is 12.2. The molecular formula is C29H22ClN3O2S. The first-order valence-electron chi connectivity index (χ1n) is 11.4. The molecule has 5 aromatic rings. The van der Waals surface area contributed by atoms with Crippen molar-refractivity contribution in [2.45, 2.75) is 17.0 Å². The van der Waals surface area contributed by atoms with Crippen molar-refractivity contribution < 1.29 is 9.90 Å². The Balaban J connectivity index is 1.33. The van der Waals surface area contributed by atoms with Crippen molar-refractivity contribution in [3.05, 3.63) is 119 Å². The fraction of sp³-hybridized carbons (Fsp3) is 0.0690. The summed E-state index contributed by atoms with van der Waals surface area (Å²) in [6.45, 7) is 0.540. The predicted octanol–water partition coefficient (Wildman–Crippen LogP) is 7.48. The highest BCUT2D eigenvalue weighted by Crippen LogP contribution is 2.38.